The number of carbonyl (C=O) groups excluding carboxylic acids is 1. The normalized spacial score (nSPS) is 27.7. The second kappa shape index (κ2) is 7.31. The number of nitrogens with one attached hydrogen (secondary N) is 1. The number of thioether (sulfide) groups is 1. The molecule has 2 aliphatic rings. The molecule has 0 unspecified atom stereocenters. The molecule has 1 amide bonds. The molecule has 1 aromatic carbocycles. The minimum atomic E-state index is -0.810. The second-order valence-corrected chi connectivity index (χ2v) is 9.02. The molecule has 3 rings (SSSR count). The molecule has 0 saturated heterocycles. The van der Waals surface area contributed by atoms with Crippen LogP contribution in [0.4, 0.5) is 14.9 Å². The predicted molar refractivity (Wildman–Crippen MR) is 105 cm³/mol. The highest BCUT2D eigenvalue weighted by Gasteiger charge is 2.52. The van der Waals surface area contributed by atoms with Crippen LogP contribution in [-0.4, -0.2) is 35.8 Å². The number of carbonyl (C=O) groups is 1. The number of methoxy groups -OCH3 is 1. The Hall–Kier alpha value is -1.80. The summed E-state index contributed by atoms with van der Waals surface area (Å²) < 4.78 is 25.6. The zero-order chi connectivity index (χ0) is 19.8. The van der Waals surface area contributed by atoms with Crippen molar-refractivity contribution in [2.75, 3.05) is 18.6 Å². The third-order valence-electron chi connectivity index (χ3n) is 4.88. The van der Waals surface area contributed by atoms with Crippen molar-refractivity contribution in [3.8, 4) is 0 Å². The Labute approximate surface area is 163 Å². The summed E-state index contributed by atoms with van der Waals surface area (Å²) in [4.78, 5) is 17.0. The Bertz CT molecular complexity index is 765. The quantitative estimate of drug-likeness (QED) is 0.747. The number of amides is 1. The van der Waals surface area contributed by atoms with Gasteiger partial charge in [0.05, 0.1) is 11.6 Å². The first-order chi connectivity index (χ1) is 12.6. The average molecular weight is 396 g/mol. The lowest BCUT2D eigenvalue weighted by Crippen LogP contribution is -2.42. The number of anilines is 1. The Morgan fingerprint density at radius 1 is 1.44 bits per heavy atom. The maximum Gasteiger partial charge on any atom is 0.413 e. The predicted octanol–water partition coefficient (Wildman–Crippen LogP) is 3.66. The van der Waals surface area contributed by atoms with Gasteiger partial charge in [0.25, 0.3) is 0 Å². The Kier molecular flexibility index (Phi) is 5.40. The number of hydrogen-bond donors (Lipinski definition) is 2. The van der Waals surface area contributed by atoms with E-state index in [9.17, 15) is 9.18 Å². The van der Waals surface area contributed by atoms with Gasteiger partial charge >= 0.3 is 6.09 Å². The van der Waals surface area contributed by atoms with E-state index in [0.717, 1.165) is 6.42 Å². The van der Waals surface area contributed by atoms with Gasteiger partial charge in [0.2, 0.25) is 0 Å². The van der Waals surface area contributed by atoms with E-state index in [4.69, 9.17) is 20.2 Å². The lowest BCUT2D eigenvalue weighted by Gasteiger charge is -2.36. The first-order valence-electron chi connectivity index (χ1n) is 8.94. The number of fused-ring (bicyclic) bond motifs is 1. The van der Waals surface area contributed by atoms with Crippen molar-refractivity contribution in [1.29, 1.82) is 0 Å². The number of rotatable bonds is 2. The van der Waals surface area contributed by atoms with Gasteiger partial charge in [-0.25, -0.2) is 9.18 Å². The van der Waals surface area contributed by atoms with Gasteiger partial charge in [-0.2, -0.15) is 0 Å². The van der Waals surface area contributed by atoms with E-state index in [0.29, 0.717) is 28.6 Å². The summed E-state index contributed by atoms with van der Waals surface area (Å²) in [6.07, 6.45) is 0.716. The monoisotopic (exact) mass is 395 g/mol. The summed E-state index contributed by atoms with van der Waals surface area (Å²) in [7, 11) is 1.65. The number of ether oxygens (including phenoxy) is 2. The van der Waals surface area contributed by atoms with Gasteiger partial charge in [0, 0.05) is 36.5 Å². The standard InChI is InChI=1S/C19H26FN3O3S/c1-18(2,3)26-17(24)22-16-23-19(14-8-12(21)5-6-15(14)20)9-13(25-4)7-11(19)10-27-16/h5-6,8,11,13H,7,9-10,21H2,1-4H3,(H,22,23,24)/t11-,13-,19-/m1/s1. The first kappa shape index (κ1) is 19.9. The molecule has 148 valence electrons. The smallest absolute Gasteiger partial charge is 0.413 e. The number of aliphatic imine (C=N–C) groups is 1. The minimum Gasteiger partial charge on any atom is -0.444 e. The molecule has 1 fully saturated rings. The SMILES string of the molecule is CO[C@@H]1C[C@@H]2CSC(NC(=O)OC(C)(C)C)=N[C@]2(c2cc(N)ccc2F)C1. The van der Waals surface area contributed by atoms with E-state index in [1.165, 1.54) is 23.9 Å². The van der Waals surface area contributed by atoms with Crippen LogP contribution >= 0.6 is 11.8 Å². The van der Waals surface area contributed by atoms with E-state index >= 15 is 0 Å². The van der Waals surface area contributed by atoms with E-state index in [1.54, 1.807) is 33.9 Å². The van der Waals surface area contributed by atoms with E-state index in [1.807, 2.05) is 0 Å². The zero-order valence-electron chi connectivity index (χ0n) is 16.0. The van der Waals surface area contributed by atoms with Gasteiger partial charge in [-0.3, -0.25) is 10.3 Å². The van der Waals surface area contributed by atoms with Crippen LogP contribution in [0.3, 0.4) is 0 Å². The van der Waals surface area contributed by atoms with Crippen LogP contribution in [0.5, 0.6) is 0 Å². The Balaban J connectivity index is 1.97. The highest BCUT2D eigenvalue weighted by atomic mass is 32.2. The fraction of sp³-hybridized carbons (Fsp3) is 0.579. The maximum absolute atomic E-state index is 14.7. The van der Waals surface area contributed by atoms with E-state index < -0.39 is 17.2 Å². The van der Waals surface area contributed by atoms with Gasteiger partial charge in [0.15, 0.2) is 5.17 Å². The minimum absolute atomic E-state index is 0.0268. The molecule has 0 bridgehead atoms. The van der Waals surface area contributed by atoms with Crippen molar-refractivity contribution in [2.45, 2.75) is 50.9 Å². The number of hydrogen-bond acceptors (Lipinski definition) is 6. The van der Waals surface area contributed by atoms with Gasteiger partial charge in [-0.15, -0.1) is 0 Å². The highest BCUT2D eigenvalue weighted by molar-refractivity contribution is 8.13. The topological polar surface area (TPSA) is 85.9 Å². The molecule has 3 atom stereocenters. The summed E-state index contributed by atoms with van der Waals surface area (Å²) in [5, 5.41) is 3.14. The molecule has 1 aromatic rings. The Morgan fingerprint density at radius 2 is 2.19 bits per heavy atom. The summed E-state index contributed by atoms with van der Waals surface area (Å²) in [6, 6.07) is 4.55. The van der Waals surface area contributed by atoms with Crippen LogP contribution in [0.1, 0.15) is 39.2 Å². The van der Waals surface area contributed by atoms with Crippen molar-refractivity contribution in [3.05, 3.63) is 29.6 Å². The molecule has 8 heteroatoms. The van der Waals surface area contributed by atoms with Crippen LogP contribution < -0.4 is 11.1 Å². The van der Waals surface area contributed by atoms with Crippen molar-refractivity contribution in [2.24, 2.45) is 10.9 Å². The lowest BCUT2D eigenvalue weighted by atomic mass is 9.81. The third-order valence-corrected chi connectivity index (χ3v) is 5.92. The van der Waals surface area contributed by atoms with Gasteiger partial charge in [0.1, 0.15) is 11.4 Å². The molecule has 1 saturated carbocycles. The molecule has 6 nitrogen and oxygen atoms in total. The molecule has 0 spiro atoms. The number of nitrogens with two attached hydrogens (primary N) is 1. The fourth-order valence-corrected chi connectivity index (χ4v) is 4.90. The molecule has 0 radical (unpaired) electrons. The number of alkyl carbamates (subject to hydrolysis) is 1. The van der Waals surface area contributed by atoms with E-state index in [-0.39, 0.29) is 17.8 Å². The Morgan fingerprint density at radius 3 is 2.85 bits per heavy atom. The summed E-state index contributed by atoms with van der Waals surface area (Å²) >= 11 is 1.44. The molecule has 0 aromatic heterocycles. The van der Waals surface area contributed by atoms with Crippen LogP contribution in [0.15, 0.2) is 23.2 Å². The molecular formula is C19H26FN3O3S. The van der Waals surface area contributed by atoms with Crippen molar-refractivity contribution in [3.63, 3.8) is 0 Å². The number of nitrogens with zero attached hydrogens (tertiary/aromatic N) is 1. The van der Waals surface area contributed by atoms with Crippen molar-refractivity contribution >= 4 is 28.7 Å². The van der Waals surface area contributed by atoms with Gasteiger partial charge in [-0.05, 0) is 45.4 Å². The average Bonchev–Trinajstić information content (AvgIpc) is 2.94. The number of nitrogen functional groups attached to an aromatic ring is 1. The van der Waals surface area contributed by atoms with Crippen molar-refractivity contribution in [1.82, 2.24) is 5.32 Å². The largest absolute Gasteiger partial charge is 0.444 e. The summed E-state index contributed by atoms with van der Waals surface area (Å²) in [6.45, 7) is 5.38. The van der Waals surface area contributed by atoms with Crippen molar-refractivity contribution < 1.29 is 18.7 Å². The fourth-order valence-electron chi connectivity index (χ4n) is 3.74. The first-order valence-corrected chi connectivity index (χ1v) is 9.92. The summed E-state index contributed by atoms with van der Waals surface area (Å²) in [5.74, 6) is 0.439. The maximum atomic E-state index is 14.7. The molecular weight excluding hydrogens is 369 g/mol. The zero-order valence-corrected chi connectivity index (χ0v) is 16.9. The highest BCUT2D eigenvalue weighted by Crippen LogP contribution is 2.52. The second-order valence-electron chi connectivity index (χ2n) is 8.01. The summed E-state index contributed by atoms with van der Waals surface area (Å²) in [5.41, 5.74) is 5.44. The van der Waals surface area contributed by atoms with E-state index in [2.05, 4.69) is 5.32 Å². The third kappa shape index (κ3) is 4.21. The van der Waals surface area contributed by atoms with Crippen LogP contribution in [0.2, 0.25) is 0 Å². The van der Waals surface area contributed by atoms with Crippen LogP contribution in [-0.2, 0) is 15.0 Å². The molecule has 1 aliphatic heterocycles. The van der Waals surface area contributed by atoms with Gasteiger partial charge < -0.3 is 15.2 Å². The number of amidine groups is 1. The number of halogens is 1. The van der Waals surface area contributed by atoms with Crippen LogP contribution in [0, 0.1) is 11.7 Å². The molecule has 3 N–H and O–H groups in total. The molecule has 27 heavy (non-hydrogen) atoms. The van der Waals surface area contributed by atoms with Crippen LogP contribution in [0.25, 0.3) is 0 Å². The number of benzene rings is 1. The molecule has 1 aliphatic carbocycles. The lowest BCUT2D eigenvalue weighted by molar-refractivity contribution is 0.0564. The molecule has 1 heterocycles. The van der Waals surface area contributed by atoms with Gasteiger partial charge in [-0.1, -0.05) is 11.8 Å².